The topological polar surface area (TPSA) is 34.9 Å². The molecule has 0 amide bonds. The summed E-state index contributed by atoms with van der Waals surface area (Å²) in [4.78, 5) is 12.4. The molecule has 2 aromatic rings. The molecule has 2 rings (SSSR count). The summed E-state index contributed by atoms with van der Waals surface area (Å²) in [5.41, 5.74) is 3.61. The molecule has 1 heterocycles. The number of hydrogen-bond donors (Lipinski definition) is 0. The van der Waals surface area contributed by atoms with Gasteiger partial charge in [-0.2, -0.15) is 5.10 Å². The van der Waals surface area contributed by atoms with E-state index in [1.807, 2.05) is 38.2 Å². The number of aryl methyl sites for hydroxylation is 1. The minimum absolute atomic E-state index is 0.0334. The van der Waals surface area contributed by atoms with Gasteiger partial charge in [0.2, 0.25) is 0 Å². The van der Waals surface area contributed by atoms with E-state index in [1.54, 1.807) is 10.9 Å². The number of hydrogen-bond acceptors (Lipinski definition) is 2. The molecule has 0 bridgehead atoms. The summed E-state index contributed by atoms with van der Waals surface area (Å²) in [6, 6.07) is 7.85. The van der Waals surface area contributed by atoms with E-state index < -0.39 is 0 Å². The lowest BCUT2D eigenvalue weighted by Gasteiger charge is -2.18. The number of carbonyl (C=O) groups excluding carboxylic acids is 1. The molecule has 0 fully saturated rings. The van der Waals surface area contributed by atoms with Crippen LogP contribution in [0.25, 0.3) is 0 Å². The van der Waals surface area contributed by atoms with E-state index in [0.29, 0.717) is 11.1 Å². The van der Waals surface area contributed by atoms with Crippen molar-refractivity contribution in [3.63, 3.8) is 0 Å². The SMILES string of the molecule is Cc1c(C(=O)c2ccc(C(C)(C)C)cc2)cnn1C. The van der Waals surface area contributed by atoms with Crippen molar-refractivity contribution in [2.45, 2.75) is 33.1 Å². The Bertz CT molecular complexity index is 601. The van der Waals surface area contributed by atoms with Gasteiger partial charge in [0.05, 0.1) is 11.8 Å². The minimum atomic E-state index is 0.0334. The van der Waals surface area contributed by atoms with Crippen LogP contribution in [-0.2, 0) is 12.5 Å². The molecule has 0 radical (unpaired) electrons. The van der Waals surface area contributed by atoms with Gasteiger partial charge in [-0.05, 0) is 17.9 Å². The summed E-state index contributed by atoms with van der Waals surface area (Å²) in [5.74, 6) is 0.0334. The van der Waals surface area contributed by atoms with Crippen molar-refractivity contribution < 1.29 is 4.79 Å². The Hall–Kier alpha value is -1.90. The highest BCUT2D eigenvalue weighted by atomic mass is 16.1. The molecule has 0 aliphatic carbocycles. The van der Waals surface area contributed by atoms with E-state index in [9.17, 15) is 4.79 Å². The number of carbonyl (C=O) groups is 1. The minimum Gasteiger partial charge on any atom is -0.288 e. The molecule has 3 heteroatoms. The number of nitrogens with zero attached hydrogens (tertiary/aromatic N) is 2. The Morgan fingerprint density at radius 3 is 2.16 bits per heavy atom. The highest BCUT2D eigenvalue weighted by Crippen LogP contribution is 2.23. The monoisotopic (exact) mass is 256 g/mol. The van der Waals surface area contributed by atoms with Gasteiger partial charge in [-0.25, -0.2) is 0 Å². The zero-order valence-electron chi connectivity index (χ0n) is 12.2. The predicted molar refractivity (Wildman–Crippen MR) is 76.5 cm³/mol. The molecule has 100 valence electrons. The molecule has 0 aliphatic heterocycles. The summed E-state index contributed by atoms with van der Waals surface area (Å²) in [6.07, 6.45) is 1.63. The maximum atomic E-state index is 12.4. The van der Waals surface area contributed by atoms with Crippen LogP contribution in [0, 0.1) is 6.92 Å². The molecule has 19 heavy (non-hydrogen) atoms. The van der Waals surface area contributed by atoms with Crippen LogP contribution >= 0.6 is 0 Å². The average Bonchev–Trinajstić information content (AvgIpc) is 2.68. The Morgan fingerprint density at radius 1 is 1.16 bits per heavy atom. The van der Waals surface area contributed by atoms with Crippen molar-refractivity contribution >= 4 is 5.78 Å². The van der Waals surface area contributed by atoms with Crippen LogP contribution < -0.4 is 0 Å². The Labute approximate surface area is 114 Å². The molecule has 3 nitrogen and oxygen atoms in total. The highest BCUT2D eigenvalue weighted by molar-refractivity contribution is 6.09. The number of aromatic nitrogens is 2. The van der Waals surface area contributed by atoms with Gasteiger partial charge in [0, 0.05) is 18.3 Å². The summed E-state index contributed by atoms with van der Waals surface area (Å²) in [7, 11) is 1.84. The molecule has 0 unspecified atom stereocenters. The predicted octanol–water partition coefficient (Wildman–Crippen LogP) is 3.26. The van der Waals surface area contributed by atoms with Crippen molar-refractivity contribution in [3.05, 3.63) is 52.8 Å². The zero-order valence-corrected chi connectivity index (χ0v) is 12.2. The fourth-order valence-electron chi connectivity index (χ4n) is 2.00. The number of rotatable bonds is 2. The van der Waals surface area contributed by atoms with E-state index in [0.717, 1.165) is 5.69 Å². The fraction of sp³-hybridized carbons (Fsp3) is 0.375. The van der Waals surface area contributed by atoms with E-state index in [-0.39, 0.29) is 11.2 Å². The quantitative estimate of drug-likeness (QED) is 0.773. The third kappa shape index (κ3) is 2.60. The van der Waals surface area contributed by atoms with Gasteiger partial charge in [-0.1, -0.05) is 45.0 Å². The Kier molecular flexibility index (Phi) is 3.31. The van der Waals surface area contributed by atoms with Gasteiger partial charge < -0.3 is 0 Å². The third-order valence-electron chi connectivity index (χ3n) is 3.49. The van der Waals surface area contributed by atoms with Crippen LogP contribution in [-0.4, -0.2) is 15.6 Å². The zero-order chi connectivity index (χ0) is 14.2. The second-order valence-corrected chi connectivity index (χ2v) is 5.92. The van der Waals surface area contributed by atoms with Crippen molar-refractivity contribution in [2.75, 3.05) is 0 Å². The van der Waals surface area contributed by atoms with Gasteiger partial charge in [0.1, 0.15) is 0 Å². The standard InChI is InChI=1S/C16H20N2O/c1-11-14(10-17-18(11)5)15(19)12-6-8-13(9-7-12)16(2,3)4/h6-10H,1-5H3. The first kappa shape index (κ1) is 13.5. The first-order chi connectivity index (χ1) is 8.80. The maximum Gasteiger partial charge on any atom is 0.196 e. The van der Waals surface area contributed by atoms with Crippen LogP contribution in [0.15, 0.2) is 30.5 Å². The van der Waals surface area contributed by atoms with Crippen LogP contribution in [0.4, 0.5) is 0 Å². The van der Waals surface area contributed by atoms with Gasteiger partial charge in [0.25, 0.3) is 0 Å². The summed E-state index contributed by atoms with van der Waals surface area (Å²) < 4.78 is 1.72. The van der Waals surface area contributed by atoms with Gasteiger partial charge in [-0.15, -0.1) is 0 Å². The van der Waals surface area contributed by atoms with Crippen molar-refractivity contribution in [3.8, 4) is 0 Å². The molecule has 0 N–H and O–H groups in total. The highest BCUT2D eigenvalue weighted by Gasteiger charge is 2.17. The molecule has 0 spiro atoms. The summed E-state index contributed by atoms with van der Waals surface area (Å²) in [6.45, 7) is 8.39. The van der Waals surface area contributed by atoms with Crippen LogP contribution in [0.3, 0.4) is 0 Å². The van der Waals surface area contributed by atoms with Gasteiger partial charge >= 0.3 is 0 Å². The molecule has 1 aromatic carbocycles. The molecule has 1 aromatic heterocycles. The van der Waals surface area contributed by atoms with E-state index >= 15 is 0 Å². The van der Waals surface area contributed by atoms with Crippen molar-refractivity contribution in [2.24, 2.45) is 7.05 Å². The lowest BCUT2D eigenvalue weighted by molar-refractivity contribution is 0.103. The Morgan fingerprint density at radius 2 is 1.74 bits per heavy atom. The summed E-state index contributed by atoms with van der Waals surface area (Å²) in [5, 5.41) is 4.12. The molecule has 0 saturated heterocycles. The molecule has 0 atom stereocenters. The van der Waals surface area contributed by atoms with E-state index in [2.05, 4.69) is 25.9 Å². The van der Waals surface area contributed by atoms with Crippen molar-refractivity contribution in [1.29, 1.82) is 0 Å². The number of benzene rings is 1. The first-order valence-corrected chi connectivity index (χ1v) is 6.44. The Balaban J connectivity index is 2.33. The molecular formula is C16H20N2O. The largest absolute Gasteiger partial charge is 0.288 e. The number of ketones is 1. The summed E-state index contributed by atoms with van der Waals surface area (Å²) >= 11 is 0. The van der Waals surface area contributed by atoms with Crippen LogP contribution in [0.2, 0.25) is 0 Å². The lowest BCUT2D eigenvalue weighted by atomic mass is 9.86. The van der Waals surface area contributed by atoms with Gasteiger partial charge in [0.15, 0.2) is 5.78 Å². The van der Waals surface area contributed by atoms with E-state index in [4.69, 9.17) is 0 Å². The average molecular weight is 256 g/mol. The smallest absolute Gasteiger partial charge is 0.196 e. The normalized spacial score (nSPS) is 11.6. The van der Waals surface area contributed by atoms with Crippen LogP contribution in [0.5, 0.6) is 0 Å². The second-order valence-electron chi connectivity index (χ2n) is 5.92. The molecular weight excluding hydrogens is 236 g/mol. The second kappa shape index (κ2) is 4.65. The van der Waals surface area contributed by atoms with Crippen LogP contribution in [0.1, 0.15) is 48.0 Å². The van der Waals surface area contributed by atoms with Crippen molar-refractivity contribution in [1.82, 2.24) is 9.78 Å². The van der Waals surface area contributed by atoms with E-state index in [1.165, 1.54) is 5.56 Å². The fourth-order valence-corrected chi connectivity index (χ4v) is 2.00. The first-order valence-electron chi connectivity index (χ1n) is 6.44. The molecule has 0 saturated carbocycles. The van der Waals surface area contributed by atoms with Gasteiger partial charge in [-0.3, -0.25) is 9.48 Å². The maximum absolute atomic E-state index is 12.4. The molecule has 0 aliphatic rings. The third-order valence-corrected chi connectivity index (χ3v) is 3.49. The lowest BCUT2D eigenvalue weighted by Crippen LogP contribution is -2.11.